The van der Waals surface area contributed by atoms with E-state index in [1.807, 2.05) is 30.3 Å². The van der Waals surface area contributed by atoms with Gasteiger partial charge in [0.25, 0.3) is 0 Å². The van der Waals surface area contributed by atoms with Crippen molar-refractivity contribution in [3.05, 3.63) is 64.1 Å². The third-order valence-electron chi connectivity index (χ3n) is 4.37. The minimum Gasteiger partial charge on any atom is -0.369 e. The number of carbonyl (C=O) groups excluding carboxylic acids is 1. The van der Waals surface area contributed by atoms with Crippen molar-refractivity contribution >= 4 is 46.6 Å². The number of amides is 1. The Bertz CT molecular complexity index is 797. The molecule has 0 radical (unpaired) electrons. The van der Waals surface area contributed by atoms with Gasteiger partial charge in [0.1, 0.15) is 0 Å². The van der Waals surface area contributed by atoms with Crippen LogP contribution in [-0.4, -0.2) is 44.0 Å². The van der Waals surface area contributed by atoms with Gasteiger partial charge in [0.2, 0.25) is 5.91 Å². The zero-order valence-electron chi connectivity index (χ0n) is 14.6. The second-order valence-corrected chi connectivity index (χ2v) is 7.15. The van der Waals surface area contributed by atoms with E-state index in [1.165, 1.54) is 11.8 Å². The molecular weight excluding hydrogens is 369 g/mol. The van der Waals surface area contributed by atoms with E-state index in [2.05, 4.69) is 22.2 Å². The summed E-state index contributed by atoms with van der Waals surface area (Å²) in [6.07, 6.45) is 3.18. The normalized spacial score (nSPS) is 15.4. The smallest absolute Gasteiger partial charge is 0.248 e. The molecule has 2 aromatic carbocycles. The van der Waals surface area contributed by atoms with Gasteiger partial charge in [-0.05, 0) is 55.1 Å². The summed E-state index contributed by atoms with van der Waals surface area (Å²) in [5.74, 6) is -0.191. The first kappa shape index (κ1) is 18.8. The third-order valence-corrected chi connectivity index (χ3v) is 5.11. The Labute approximate surface area is 164 Å². The van der Waals surface area contributed by atoms with Crippen molar-refractivity contribution in [1.82, 2.24) is 4.90 Å². The Balaban J connectivity index is 1.57. The fourth-order valence-corrected chi connectivity index (χ4v) is 3.10. The summed E-state index contributed by atoms with van der Waals surface area (Å²) >= 11 is 11.9. The number of nitrogens with zero attached hydrogens (tertiary/aromatic N) is 2. The van der Waals surface area contributed by atoms with Crippen molar-refractivity contribution < 1.29 is 4.79 Å². The molecule has 2 aromatic rings. The predicted octanol–water partition coefficient (Wildman–Crippen LogP) is 4.40. The van der Waals surface area contributed by atoms with E-state index in [-0.39, 0.29) is 5.91 Å². The van der Waals surface area contributed by atoms with Crippen LogP contribution in [0.2, 0.25) is 10.0 Å². The highest BCUT2D eigenvalue weighted by atomic mass is 35.5. The molecule has 0 atom stereocenters. The van der Waals surface area contributed by atoms with Crippen molar-refractivity contribution in [2.24, 2.45) is 0 Å². The molecule has 1 aliphatic heterocycles. The van der Waals surface area contributed by atoms with Gasteiger partial charge in [-0.2, -0.15) is 0 Å². The second-order valence-electron chi connectivity index (χ2n) is 6.33. The topological polar surface area (TPSA) is 35.6 Å². The van der Waals surface area contributed by atoms with Gasteiger partial charge in [-0.3, -0.25) is 4.79 Å². The molecule has 3 rings (SSSR count). The first-order chi connectivity index (χ1) is 12.5. The van der Waals surface area contributed by atoms with Gasteiger partial charge in [0.05, 0.1) is 10.0 Å². The van der Waals surface area contributed by atoms with Gasteiger partial charge in [0, 0.05) is 43.6 Å². The van der Waals surface area contributed by atoms with E-state index in [1.54, 1.807) is 18.2 Å². The fourth-order valence-electron chi connectivity index (χ4n) is 2.79. The van der Waals surface area contributed by atoms with E-state index in [0.717, 1.165) is 37.4 Å². The summed E-state index contributed by atoms with van der Waals surface area (Å²) in [6.45, 7) is 4.18. The second kappa shape index (κ2) is 8.58. The molecule has 1 saturated heterocycles. The molecule has 0 bridgehead atoms. The number of benzene rings is 2. The number of likely N-dealkylation sites (N-methyl/N-ethyl adjacent to an activating group) is 1. The number of piperazine rings is 1. The third kappa shape index (κ3) is 5.01. The van der Waals surface area contributed by atoms with Crippen LogP contribution >= 0.6 is 23.2 Å². The van der Waals surface area contributed by atoms with Crippen molar-refractivity contribution in [3.8, 4) is 0 Å². The summed E-state index contributed by atoms with van der Waals surface area (Å²) in [5.41, 5.74) is 2.77. The Morgan fingerprint density at radius 1 is 1.00 bits per heavy atom. The number of carbonyl (C=O) groups is 1. The van der Waals surface area contributed by atoms with Gasteiger partial charge < -0.3 is 15.1 Å². The number of nitrogens with one attached hydrogen (secondary N) is 1. The van der Waals surface area contributed by atoms with Crippen LogP contribution in [0.3, 0.4) is 0 Å². The molecule has 136 valence electrons. The summed E-state index contributed by atoms with van der Waals surface area (Å²) in [5, 5.41) is 3.82. The molecule has 0 unspecified atom stereocenters. The van der Waals surface area contributed by atoms with Crippen LogP contribution in [-0.2, 0) is 4.79 Å². The lowest BCUT2D eigenvalue weighted by Crippen LogP contribution is -2.44. The molecule has 1 heterocycles. The molecule has 0 aliphatic carbocycles. The SMILES string of the molecule is CN1CCN(c2ccc(NC(=O)/C=C/c3ccc(Cl)c(Cl)c3)cc2)CC1. The van der Waals surface area contributed by atoms with E-state index in [4.69, 9.17) is 23.2 Å². The lowest BCUT2D eigenvalue weighted by Gasteiger charge is -2.34. The minimum absolute atomic E-state index is 0.191. The molecule has 1 N–H and O–H groups in total. The molecule has 1 fully saturated rings. The van der Waals surface area contributed by atoms with Crippen LogP contribution in [0.15, 0.2) is 48.5 Å². The first-order valence-electron chi connectivity index (χ1n) is 8.49. The molecule has 6 heteroatoms. The van der Waals surface area contributed by atoms with Crippen LogP contribution in [0.25, 0.3) is 6.08 Å². The molecule has 0 aromatic heterocycles. The average molecular weight is 390 g/mol. The van der Waals surface area contributed by atoms with Gasteiger partial charge >= 0.3 is 0 Å². The van der Waals surface area contributed by atoms with Crippen molar-refractivity contribution in [2.45, 2.75) is 0 Å². The Hall–Kier alpha value is -2.01. The van der Waals surface area contributed by atoms with Crippen LogP contribution in [0.5, 0.6) is 0 Å². The van der Waals surface area contributed by atoms with Gasteiger partial charge in [-0.15, -0.1) is 0 Å². The zero-order chi connectivity index (χ0) is 18.5. The maximum Gasteiger partial charge on any atom is 0.248 e. The maximum absolute atomic E-state index is 12.1. The number of halogens is 2. The largest absolute Gasteiger partial charge is 0.369 e. The van der Waals surface area contributed by atoms with E-state index >= 15 is 0 Å². The standard InChI is InChI=1S/C20H21Cl2N3O/c1-24-10-12-25(13-11-24)17-6-4-16(5-7-17)23-20(26)9-3-15-2-8-18(21)19(22)14-15/h2-9,14H,10-13H2,1H3,(H,23,26)/b9-3+. The van der Waals surface area contributed by atoms with Crippen molar-refractivity contribution in [1.29, 1.82) is 0 Å². The van der Waals surface area contributed by atoms with E-state index in [0.29, 0.717) is 10.0 Å². The lowest BCUT2D eigenvalue weighted by molar-refractivity contribution is -0.111. The number of hydrogen-bond acceptors (Lipinski definition) is 3. The molecule has 1 aliphatic rings. The minimum atomic E-state index is -0.191. The van der Waals surface area contributed by atoms with Crippen molar-refractivity contribution in [3.63, 3.8) is 0 Å². The number of hydrogen-bond donors (Lipinski definition) is 1. The Kier molecular flexibility index (Phi) is 6.20. The maximum atomic E-state index is 12.1. The summed E-state index contributed by atoms with van der Waals surface area (Å²) < 4.78 is 0. The summed E-state index contributed by atoms with van der Waals surface area (Å²) in [6, 6.07) is 13.2. The van der Waals surface area contributed by atoms with Crippen LogP contribution in [0.1, 0.15) is 5.56 Å². The van der Waals surface area contributed by atoms with E-state index < -0.39 is 0 Å². The molecule has 26 heavy (non-hydrogen) atoms. The number of anilines is 2. The fraction of sp³-hybridized carbons (Fsp3) is 0.250. The highest BCUT2D eigenvalue weighted by Gasteiger charge is 2.14. The highest BCUT2D eigenvalue weighted by molar-refractivity contribution is 6.42. The Morgan fingerprint density at radius 3 is 2.35 bits per heavy atom. The molecule has 0 saturated carbocycles. The van der Waals surface area contributed by atoms with Crippen molar-refractivity contribution in [2.75, 3.05) is 43.4 Å². The number of rotatable bonds is 4. The quantitative estimate of drug-likeness (QED) is 0.787. The van der Waals surface area contributed by atoms with Crippen LogP contribution in [0.4, 0.5) is 11.4 Å². The van der Waals surface area contributed by atoms with Crippen LogP contribution < -0.4 is 10.2 Å². The molecule has 4 nitrogen and oxygen atoms in total. The summed E-state index contributed by atoms with van der Waals surface area (Å²) in [7, 11) is 2.14. The predicted molar refractivity (Wildman–Crippen MR) is 110 cm³/mol. The Morgan fingerprint density at radius 2 is 1.69 bits per heavy atom. The lowest BCUT2D eigenvalue weighted by atomic mass is 10.2. The molecule has 1 amide bonds. The summed E-state index contributed by atoms with van der Waals surface area (Å²) in [4.78, 5) is 16.8. The zero-order valence-corrected chi connectivity index (χ0v) is 16.1. The van der Waals surface area contributed by atoms with E-state index in [9.17, 15) is 4.79 Å². The van der Waals surface area contributed by atoms with Gasteiger partial charge in [-0.1, -0.05) is 29.3 Å². The van der Waals surface area contributed by atoms with Gasteiger partial charge in [-0.25, -0.2) is 0 Å². The monoisotopic (exact) mass is 389 g/mol. The van der Waals surface area contributed by atoms with Crippen LogP contribution in [0, 0.1) is 0 Å². The molecular formula is C20H21Cl2N3O. The average Bonchev–Trinajstić information content (AvgIpc) is 2.64. The first-order valence-corrected chi connectivity index (χ1v) is 9.24. The van der Waals surface area contributed by atoms with Gasteiger partial charge in [0.15, 0.2) is 0 Å². The molecule has 0 spiro atoms. The highest BCUT2D eigenvalue weighted by Crippen LogP contribution is 2.23.